The molecular formula is C29H24O11. The van der Waals surface area contributed by atoms with E-state index in [4.69, 9.17) is 18.9 Å². The van der Waals surface area contributed by atoms with Gasteiger partial charge in [0.05, 0.1) is 25.3 Å². The Hall–Kier alpha value is -5.06. The molecule has 1 spiro atoms. The Morgan fingerprint density at radius 1 is 0.800 bits per heavy atom. The molecule has 0 aromatic heterocycles. The molecule has 2 heterocycles. The van der Waals surface area contributed by atoms with Gasteiger partial charge in [0.15, 0.2) is 5.60 Å². The Bertz CT molecular complexity index is 1510. The summed E-state index contributed by atoms with van der Waals surface area (Å²) in [6, 6.07) is 9.82. The van der Waals surface area contributed by atoms with E-state index >= 15 is 0 Å². The highest BCUT2D eigenvalue weighted by Crippen LogP contribution is 2.58. The van der Waals surface area contributed by atoms with E-state index in [-0.39, 0.29) is 59.8 Å². The Morgan fingerprint density at radius 2 is 1.32 bits per heavy atom. The van der Waals surface area contributed by atoms with E-state index in [0.717, 1.165) is 0 Å². The summed E-state index contributed by atoms with van der Waals surface area (Å²) in [7, 11) is 2.50. The zero-order valence-corrected chi connectivity index (χ0v) is 21.5. The van der Waals surface area contributed by atoms with Gasteiger partial charge in [-0.25, -0.2) is 9.59 Å². The van der Waals surface area contributed by atoms with Crippen molar-refractivity contribution in [2.24, 2.45) is 0 Å². The van der Waals surface area contributed by atoms with E-state index in [1.54, 1.807) is 12.1 Å². The van der Waals surface area contributed by atoms with Crippen molar-refractivity contribution in [1.29, 1.82) is 0 Å². The van der Waals surface area contributed by atoms with E-state index in [1.807, 2.05) is 0 Å². The number of carbonyl (C=O) groups is 4. The normalized spacial score (nSPS) is 13.9. The molecule has 206 valence electrons. The monoisotopic (exact) mass is 548 g/mol. The number of esters is 3. The van der Waals surface area contributed by atoms with Crippen LogP contribution in [0.15, 0.2) is 42.5 Å². The lowest BCUT2D eigenvalue weighted by atomic mass is 9.76. The number of ether oxygens (including phenoxy) is 4. The van der Waals surface area contributed by atoms with Crippen molar-refractivity contribution in [3.63, 3.8) is 0 Å². The molecule has 5 rings (SSSR count). The van der Waals surface area contributed by atoms with Crippen molar-refractivity contribution in [1.82, 2.24) is 0 Å². The van der Waals surface area contributed by atoms with E-state index in [2.05, 4.69) is 0 Å². The molecule has 0 radical (unpaired) electrons. The predicted molar refractivity (Wildman–Crippen MR) is 136 cm³/mol. The smallest absolute Gasteiger partial charge is 0.340 e. The first kappa shape index (κ1) is 26.5. The van der Waals surface area contributed by atoms with Gasteiger partial charge in [-0.1, -0.05) is 6.07 Å². The first-order valence-corrected chi connectivity index (χ1v) is 12.2. The zero-order valence-electron chi connectivity index (χ0n) is 21.5. The molecule has 0 fully saturated rings. The van der Waals surface area contributed by atoms with Crippen LogP contribution in [0, 0.1) is 0 Å². The number of carboxylic acids is 1. The molecule has 3 aromatic rings. The van der Waals surface area contributed by atoms with Crippen LogP contribution in [-0.2, 0) is 42.2 Å². The Labute approximate surface area is 227 Å². The molecule has 0 unspecified atom stereocenters. The summed E-state index contributed by atoms with van der Waals surface area (Å²) in [5, 5.41) is 30.9. The lowest BCUT2D eigenvalue weighted by Crippen LogP contribution is -2.33. The number of carbonyl (C=O) groups excluding carboxylic acids is 3. The lowest BCUT2D eigenvalue weighted by molar-refractivity contribution is -0.141. The highest BCUT2D eigenvalue weighted by atomic mass is 16.6. The zero-order chi connectivity index (χ0) is 28.8. The van der Waals surface area contributed by atoms with Crippen LogP contribution >= 0.6 is 0 Å². The van der Waals surface area contributed by atoms with Crippen LogP contribution in [0.1, 0.15) is 61.4 Å². The quantitative estimate of drug-likeness (QED) is 0.292. The van der Waals surface area contributed by atoms with Crippen LogP contribution in [0.3, 0.4) is 0 Å². The van der Waals surface area contributed by atoms with Crippen LogP contribution < -0.4 is 4.74 Å². The number of aryl methyl sites for hydroxylation is 2. The number of hydrogen-bond acceptors (Lipinski definition) is 10. The standard InChI is InChI=1S/C29H24O11/c1-37-25(32)7-4-14-10-19-23(12-21(14)30)39-24-13-22(31)15(5-8-26(33)38-2)11-20(24)29(19)18-6-3-16(27(34)35)9-17(18)28(36)40-29/h3,6,9-13,30-31H,4-5,7-8H2,1-2H3,(H,34,35). The van der Waals surface area contributed by atoms with Gasteiger partial charge in [0.1, 0.15) is 23.0 Å². The third-order valence-electron chi connectivity index (χ3n) is 7.10. The minimum atomic E-state index is -1.66. The van der Waals surface area contributed by atoms with Gasteiger partial charge in [0, 0.05) is 41.7 Å². The van der Waals surface area contributed by atoms with Crippen LogP contribution in [-0.4, -0.2) is 53.4 Å². The van der Waals surface area contributed by atoms with Crippen LogP contribution in [0.25, 0.3) is 0 Å². The molecule has 0 atom stereocenters. The number of carboxylic acid groups (broad SMARTS) is 1. The van der Waals surface area contributed by atoms with Crippen molar-refractivity contribution in [2.45, 2.75) is 31.3 Å². The van der Waals surface area contributed by atoms with Gasteiger partial charge in [0.2, 0.25) is 0 Å². The number of phenolic OH excluding ortho intramolecular Hbond substituents is 2. The van der Waals surface area contributed by atoms with Crippen LogP contribution in [0.4, 0.5) is 0 Å². The lowest BCUT2D eigenvalue weighted by Gasteiger charge is -2.37. The highest BCUT2D eigenvalue weighted by Gasteiger charge is 2.54. The fraction of sp³-hybridized carbons (Fsp3) is 0.241. The number of benzene rings is 3. The fourth-order valence-corrected chi connectivity index (χ4v) is 5.09. The molecule has 11 nitrogen and oxygen atoms in total. The predicted octanol–water partition coefficient (Wildman–Crippen LogP) is 3.58. The van der Waals surface area contributed by atoms with E-state index < -0.39 is 29.5 Å². The highest BCUT2D eigenvalue weighted by molar-refractivity contribution is 6.00. The van der Waals surface area contributed by atoms with Gasteiger partial charge >= 0.3 is 23.9 Å². The van der Waals surface area contributed by atoms with Gasteiger partial charge in [0.25, 0.3) is 0 Å². The van der Waals surface area contributed by atoms with Crippen molar-refractivity contribution >= 4 is 23.9 Å². The van der Waals surface area contributed by atoms with Gasteiger partial charge in [-0.2, -0.15) is 0 Å². The fourth-order valence-electron chi connectivity index (χ4n) is 5.09. The second-order valence-corrected chi connectivity index (χ2v) is 9.34. The molecule has 3 aromatic carbocycles. The van der Waals surface area contributed by atoms with Crippen molar-refractivity contribution in [3.8, 4) is 23.0 Å². The Morgan fingerprint density at radius 3 is 1.80 bits per heavy atom. The number of hydrogen-bond donors (Lipinski definition) is 3. The largest absolute Gasteiger partial charge is 0.508 e. The summed E-state index contributed by atoms with van der Waals surface area (Å²) in [6.45, 7) is 0. The average molecular weight is 549 g/mol. The molecule has 3 N–H and O–H groups in total. The summed E-state index contributed by atoms with van der Waals surface area (Å²) in [4.78, 5) is 48.5. The summed E-state index contributed by atoms with van der Waals surface area (Å²) in [5.41, 5.74) is -0.0918. The topological polar surface area (TPSA) is 166 Å². The van der Waals surface area contributed by atoms with Crippen molar-refractivity contribution in [3.05, 3.63) is 81.4 Å². The summed E-state index contributed by atoms with van der Waals surface area (Å²) in [5.74, 6) is -3.10. The molecule has 11 heteroatoms. The Balaban J connectivity index is 1.75. The second kappa shape index (κ2) is 9.92. The molecule has 2 aliphatic rings. The third kappa shape index (κ3) is 4.25. The van der Waals surface area contributed by atoms with Gasteiger partial charge in [-0.05, 0) is 48.2 Å². The van der Waals surface area contributed by atoms with Gasteiger partial charge < -0.3 is 34.3 Å². The maximum atomic E-state index is 13.3. The molecule has 0 amide bonds. The maximum absolute atomic E-state index is 13.3. The first-order chi connectivity index (χ1) is 19.1. The minimum Gasteiger partial charge on any atom is -0.508 e. The Kier molecular flexibility index (Phi) is 6.58. The van der Waals surface area contributed by atoms with E-state index in [9.17, 15) is 34.5 Å². The number of methoxy groups -OCH3 is 2. The summed E-state index contributed by atoms with van der Waals surface area (Å²) in [6.07, 6.45) is 0.148. The minimum absolute atomic E-state index is 0.0204. The van der Waals surface area contributed by atoms with Crippen molar-refractivity contribution in [2.75, 3.05) is 14.2 Å². The SMILES string of the molecule is COC(=O)CCc1cc2c(cc1O)Oc1cc(O)c(CCC(=O)OC)cc1C21OC(=O)c2cc(C(=O)O)ccc21. The number of phenols is 2. The second-order valence-electron chi connectivity index (χ2n) is 9.34. The number of aromatic hydroxyl groups is 2. The molecule has 40 heavy (non-hydrogen) atoms. The van der Waals surface area contributed by atoms with Gasteiger partial charge in [-0.15, -0.1) is 0 Å². The molecule has 0 saturated carbocycles. The van der Waals surface area contributed by atoms with E-state index in [1.165, 1.54) is 44.6 Å². The number of rotatable bonds is 7. The van der Waals surface area contributed by atoms with Gasteiger partial charge in [-0.3, -0.25) is 9.59 Å². The maximum Gasteiger partial charge on any atom is 0.340 e. The molecule has 0 bridgehead atoms. The molecule has 2 aliphatic heterocycles. The number of aromatic carboxylic acids is 1. The van der Waals surface area contributed by atoms with E-state index in [0.29, 0.717) is 27.8 Å². The van der Waals surface area contributed by atoms with Crippen LogP contribution in [0.2, 0.25) is 0 Å². The first-order valence-electron chi connectivity index (χ1n) is 12.2. The summed E-state index contributed by atoms with van der Waals surface area (Å²) >= 11 is 0. The van der Waals surface area contributed by atoms with Crippen LogP contribution in [0.5, 0.6) is 23.0 Å². The molecule has 0 saturated heterocycles. The summed E-state index contributed by atoms with van der Waals surface area (Å²) < 4.78 is 21.5. The molecule has 0 aliphatic carbocycles. The third-order valence-corrected chi connectivity index (χ3v) is 7.10. The van der Waals surface area contributed by atoms with Crippen molar-refractivity contribution < 1.29 is 53.4 Å². The molecular weight excluding hydrogens is 524 g/mol. The average Bonchev–Trinajstić information content (AvgIpc) is 3.22. The number of fused-ring (bicyclic) bond motifs is 6.